The number of pyridine rings is 1. The van der Waals surface area contributed by atoms with Crippen molar-refractivity contribution in [3.63, 3.8) is 0 Å². The Kier molecular flexibility index (Phi) is 5.09. The number of rotatable bonds is 6. The van der Waals surface area contributed by atoms with Gasteiger partial charge in [0.05, 0.1) is 17.6 Å². The summed E-state index contributed by atoms with van der Waals surface area (Å²) in [5.41, 5.74) is 2.17. The molecule has 32 heavy (non-hydrogen) atoms. The predicted molar refractivity (Wildman–Crippen MR) is 116 cm³/mol. The first-order valence-corrected chi connectivity index (χ1v) is 9.88. The Hall–Kier alpha value is -4.46. The maximum atomic E-state index is 12.8. The molecule has 0 atom stereocenters. The van der Waals surface area contributed by atoms with E-state index in [1.165, 1.54) is 18.4 Å². The molecule has 0 saturated carbocycles. The van der Waals surface area contributed by atoms with Crippen molar-refractivity contribution in [2.24, 2.45) is 0 Å². The van der Waals surface area contributed by atoms with Crippen LogP contribution in [0.15, 0.2) is 87.0 Å². The zero-order valence-electron chi connectivity index (χ0n) is 16.8. The smallest absolute Gasteiger partial charge is 0.258 e. The van der Waals surface area contributed by atoms with Crippen molar-refractivity contribution < 1.29 is 18.8 Å². The van der Waals surface area contributed by atoms with Gasteiger partial charge >= 0.3 is 0 Å². The molecule has 1 N–H and O–H groups in total. The van der Waals surface area contributed by atoms with Crippen LogP contribution in [0.3, 0.4) is 0 Å². The number of fused-ring (bicyclic) bond motifs is 1. The molecule has 5 aromatic rings. The Morgan fingerprint density at radius 3 is 2.59 bits per heavy atom. The van der Waals surface area contributed by atoms with Crippen LogP contribution in [0.25, 0.3) is 33.6 Å². The van der Waals surface area contributed by atoms with Gasteiger partial charge in [-0.3, -0.25) is 9.78 Å². The second-order valence-electron chi connectivity index (χ2n) is 7.03. The molecular formula is C24H17N3O5. The summed E-state index contributed by atoms with van der Waals surface area (Å²) in [4.78, 5) is 21.2. The lowest BCUT2D eigenvalue weighted by molar-refractivity contribution is 0.315. The average Bonchev–Trinajstić information content (AvgIpc) is 3.30. The van der Waals surface area contributed by atoms with Crippen molar-refractivity contribution in [2.45, 2.75) is 6.42 Å². The number of hydrogen-bond acceptors (Lipinski definition) is 8. The van der Waals surface area contributed by atoms with E-state index in [1.54, 1.807) is 54.9 Å². The molecule has 8 nitrogen and oxygen atoms in total. The van der Waals surface area contributed by atoms with Crippen molar-refractivity contribution in [2.75, 3.05) is 6.61 Å². The average molecular weight is 427 g/mol. The van der Waals surface area contributed by atoms with Gasteiger partial charge in [0.1, 0.15) is 23.3 Å². The van der Waals surface area contributed by atoms with E-state index < -0.39 is 0 Å². The number of aromatic nitrogens is 3. The van der Waals surface area contributed by atoms with Gasteiger partial charge in [-0.25, -0.2) is 0 Å². The Morgan fingerprint density at radius 1 is 0.969 bits per heavy atom. The number of phenols is 1. The molecule has 3 aromatic heterocycles. The van der Waals surface area contributed by atoms with E-state index in [0.717, 1.165) is 5.56 Å². The van der Waals surface area contributed by atoms with Crippen molar-refractivity contribution >= 4 is 11.0 Å². The van der Waals surface area contributed by atoms with E-state index in [-0.39, 0.29) is 11.2 Å². The fraction of sp³-hybridized carbons (Fsp3) is 0.0833. The molecule has 0 aliphatic carbocycles. The second kappa shape index (κ2) is 8.35. The monoisotopic (exact) mass is 427 g/mol. The SMILES string of the molecule is O=c1c(-c2ccc(O)cc2)coc2cc(OCCc3noc(-c4ccncc4)n3)ccc12. The van der Waals surface area contributed by atoms with Crippen molar-refractivity contribution in [3.8, 4) is 34.1 Å². The van der Waals surface area contributed by atoms with Gasteiger partial charge in [0, 0.05) is 30.4 Å². The third-order valence-corrected chi connectivity index (χ3v) is 4.91. The first-order chi connectivity index (χ1) is 15.7. The molecule has 0 aliphatic rings. The van der Waals surface area contributed by atoms with E-state index >= 15 is 0 Å². The Labute approximate surface area is 181 Å². The summed E-state index contributed by atoms with van der Waals surface area (Å²) in [5.74, 6) is 1.66. The largest absolute Gasteiger partial charge is 0.508 e. The van der Waals surface area contributed by atoms with Gasteiger partial charge in [-0.2, -0.15) is 4.98 Å². The summed E-state index contributed by atoms with van der Waals surface area (Å²) in [6, 6.07) is 15.1. The van der Waals surface area contributed by atoms with E-state index in [2.05, 4.69) is 15.1 Å². The summed E-state index contributed by atoms with van der Waals surface area (Å²) in [6.07, 6.45) is 5.19. The van der Waals surface area contributed by atoms with E-state index in [9.17, 15) is 9.90 Å². The molecule has 5 rings (SSSR count). The predicted octanol–water partition coefficient (Wildman–Crippen LogP) is 4.23. The molecule has 8 heteroatoms. The summed E-state index contributed by atoms with van der Waals surface area (Å²) in [7, 11) is 0. The second-order valence-corrected chi connectivity index (χ2v) is 7.03. The fourth-order valence-corrected chi connectivity index (χ4v) is 3.27. The van der Waals surface area contributed by atoms with E-state index in [4.69, 9.17) is 13.7 Å². The Balaban J connectivity index is 1.28. The topological polar surface area (TPSA) is 111 Å². The highest BCUT2D eigenvalue weighted by Gasteiger charge is 2.11. The van der Waals surface area contributed by atoms with Gasteiger partial charge in [0.2, 0.25) is 0 Å². The van der Waals surface area contributed by atoms with Crippen molar-refractivity contribution in [1.29, 1.82) is 0 Å². The zero-order chi connectivity index (χ0) is 21.9. The summed E-state index contributed by atoms with van der Waals surface area (Å²) >= 11 is 0. The summed E-state index contributed by atoms with van der Waals surface area (Å²) < 4.78 is 16.7. The van der Waals surface area contributed by atoms with Crippen LogP contribution in [0.2, 0.25) is 0 Å². The van der Waals surface area contributed by atoms with Gasteiger partial charge in [0.25, 0.3) is 5.89 Å². The van der Waals surface area contributed by atoms with Gasteiger partial charge < -0.3 is 18.8 Å². The molecule has 0 amide bonds. The molecule has 2 aromatic carbocycles. The Bertz CT molecular complexity index is 1430. The summed E-state index contributed by atoms with van der Waals surface area (Å²) in [5, 5.41) is 13.9. The van der Waals surface area contributed by atoms with Gasteiger partial charge in [0.15, 0.2) is 11.3 Å². The van der Waals surface area contributed by atoms with Crippen LogP contribution in [0.5, 0.6) is 11.5 Å². The molecule has 3 heterocycles. The third-order valence-electron chi connectivity index (χ3n) is 4.91. The van der Waals surface area contributed by atoms with Gasteiger partial charge in [-0.05, 0) is 42.0 Å². The highest BCUT2D eigenvalue weighted by Crippen LogP contribution is 2.24. The minimum absolute atomic E-state index is 0.134. The molecule has 0 unspecified atom stereocenters. The zero-order valence-corrected chi connectivity index (χ0v) is 16.8. The van der Waals surface area contributed by atoms with Crippen LogP contribution >= 0.6 is 0 Å². The lowest BCUT2D eigenvalue weighted by atomic mass is 10.1. The van der Waals surface area contributed by atoms with Crippen LogP contribution in [0.4, 0.5) is 0 Å². The lowest BCUT2D eigenvalue weighted by Gasteiger charge is -2.07. The van der Waals surface area contributed by atoms with Crippen molar-refractivity contribution in [1.82, 2.24) is 15.1 Å². The molecule has 0 fully saturated rings. The number of aromatic hydroxyl groups is 1. The highest BCUT2D eigenvalue weighted by atomic mass is 16.5. The molecule has 0 bridgehead atoms. The third kappa shape index (κ3) is 3.93. The first-order valence-electron chi connectivity index (χ1n) is 9.88. The normalized spacial score (nSPS) is 11.0. The van der Waals surface area contributed by atoms with Gasteiger partial charge in [-0.15, -0.1) is 0 Å². The van der Waals surface area contributed by atoms with Crippen LogP contribution in [0, 0.1) is 0 Å². The van der Waals surface area contributed by atoms with Gasteiger partial charge in [-0.1, -0.05) is 17.3 Å². The fourth-order valence-electron chi connectivity index (χ4n) is 3.27. The minimum atomic E-state index is -0.154. The van der Waals surface area contributed by atoms with E-state index in [1.807, 2.05) is 0 Å². The quantitative estimate of drug-likeness (QED) is 0.428. The highest BCUT2D eigenvalue weighted by molar-refractivity contribution is 5.82. The molecule has 0 aliphatic heterocycles. The van der Waals surface area contributed by atoms with Crippen LogP contribution in [-0.2, 0) is 6.42 Å². The van der Waals surface area contributed by atoms with Crippen LogP contribution in [0.1, 0.15) is 5.82 Å². The maximum absolute atomic E-state index is 12.8. The molecule has 0 saturated heterocycles. The van der Waals surface area contributed by atoms with Crippen LogP contribution < -0.4 is 10.2 Å². The number of ether oxygens (including phenoxy) is 1. The Morgan fingerprint density at radius 2 is 1.78 bits per heavy atom. The molecule has 0 radical (unpaired) electrons. The lowest BCUT2D eigenvalue weighted by Crippen LogP contribution is -2.06. The molecule has 0 spiro atoms. The number of phenolic OH excluding ortho intramolecular Hbond substituents is 1. The number of nitrogens with zero attached hydrogens (tertiary/aromatic N) is 3. The number of benzene rings is 2. The molecular weight excluding hydrogens is 410 g/mol. The van der Waals surface area contributed by atoms with E-state index in [0.29, 0.717) is 52.6 Å². The minimum Gasteiger partial charge on any atom is -0.508 e. The maximum Gasteiger partial charge on any atom is 0.258 e. The summed E-state index contributed by atoms with van der Waals surface area (Å²) in [6.45, 7) is 0.330. The standard InChI is InChI=1S/C24H17N3O5/c28-17-3-1-15(2-4-17)20-14-31-21-13-18(5-6-19(21)23(20)29)30-12-9-22-26-24(32-27-22)16-7-10-25-11-8-16/h1-8,10-11,13-14,28H,9,12H2. The molecule has 158 valence electrons. The van der Waals surface area contributed by atoms with Crippen LogP contribution in [-0.4, -0.2) is 26.8 Å². The number of hydrogen-bond donors (Lipinski definition) is 1. The first kappa shape index (κ1) is 19.5. The van der Waals surface area contributed by atoms with Crippen molar-refractivity contribution in [3.05, 3.63) is 89.3 Å².